The highest BCUT2D eigenvalue weighted by molar-refractivity contribution is 6.30. The summed E-state index contributed by atoms with van der Waals surface area (Å²) in [4.78, 5) is 27.5. The first-order chi connectivity index (χ1) is 23.1. The number of aliphatic hydroxyl groups excluding tert-OH is 5. The third kappa shape index (κ3) is 9.51. The molecule has 15 heteroatoms. The maximum absolute atomic E-state index is 15.0. The Balaban J connectivity index is 1.02. The first kappa shape index (κ1) is 36.6. The van der Waals surface area contributed by atoms with E-state index in [0.29, 0.717) is 68.5 Å². The standard InChI is InChI=1S/C33H47ClFN5O8/c34-24-16-36-32(37-17-24)39-8-5-22(6-9-39)2-1-12-47-25-4-3-23(26(35)15-25)14-29(44)40-11-13-48-33(21-40)7-10-38(20-33)18-27(42)30(45)31(46)28(43)19-41/h3-4,15-17,22,27-28,30-31,41-43,45-46H,1-2,5-14,18-21H2/t27-,28+,30+,31+,33?/m0/s1. The van der Waals surface area contributed by atoms with Gasteiger partial charge in [0.15, 0.2) is 0 Å². The summed E-state index contributed by atoms with van der Waals surface area (Å²) in [6, 6.07) is 4.63. The molecule has 4 heterocycles. The number of likely N-dealkylation sites (tertiary alicyclic amines) is 1. The number of aliphatic hydroxyl groups is 5. The summed E-state index contributed by atoms with van der Waals surface area (Å²) in [7, 11) is 0. The molecule has 0 saturated carbocycles. The van der Waals surface area contributed by atoms with Gasteiger partial charge in [-0.1, -0.05) is 17.7 Å². The predicted molar refractivity (Wildman–Crippen MR) is 174 cm³/mol. The van der Waals surface area contributed by atoms with Gasteiger partial charge in [0.1, 0.15) is 29.9 Å². The fraction of sp³-hybridized carbons (Fsp3) is 0.667. The number of β-amino-alcohol motifs (C(OH)–C–C–N with tert-alkyl or cyclic N) is 1. The largest absolute Gasteiger partial charge is 0.493 e. The van der Waals surface area contributed by atoms with Crippen LogP contribution in [0.3, 0.4) is 0 Å². The third-order valence-corrected chi connectivity index (χ3v) is 9.86. The Morgan fingerprint density at radius 1 is 1.06 bits per heavy atom. The fourth-order valence-electron chi connectivity index (χ4n) is 6.81. The summed E-state index contributed by atoms with van der Waals surface area (Å²) in [5, 5.41) is 49.5. The molecule has 5 rings (SSSR count). The van der Waals surface area contributed by atoms with Gasteiger partial charge in [0.05, 0.1) is 61.9 Å². The predicted octanol–water partition coefficient (Wildman–Crippen LogP) is 0.626. The molecule has 3 saturated heterocycles. The quantitative estimate of drug-likeness (QED) is 0.175. The Labute approximate surface area is 284 Å². The van der Waals surface area contributed by atoms with Crippen LogP contribution in [0.2, 0.25) is 5.02 Å². The van der Waals surface area contributed by atoms with Crippen LogP contribution < -0.4 is 9.64 Å². The second-order valence-electron chi connectivity index (χ2n) is 13.2. The van der Waals surface area contributed by atoms with Crippen molar-refractivity contribution in [3.8, 4) is 5.75 Å². The van der Waals surface area contributed by atoms with Crippen LogP contribution in [0.1, 0.15) is 37.7 Å². The van der Waals surface area contributed by atoms with Gasteiger partial charge in [-0.25, -0.2) is 14.4 Å². The van der Waals surface area contributed by atoms with E-state index in [1.54, 1.807) is 29.4 Å². The molecule has 0 bridgehead atoms. The van der Waals surface area contributed by atoms with Gasteiger partial charge in [0.2, 0.25) is 11.9 Å². The highest BCUT2D eigenvalue weighted by Crippen LogP contribution is 2.31. The lowest BCUT2D eigenvalue weighted by Gasteiger charge is -2.40. The summed E-state index contributed by atoms with van der Waals surface area (Å²) in [6.45, 7) is 3.44. The smallest absolute Gasteiger partial charge is 0.227 e. The van der Waals surface area contributed by atoms with Crippen LogP contribution >= 0.6 is 11.6 Å². The van der Waals surface area contributed by atoms with E-state index in [9.17, 15) is 25.2 Å². The molecule has 3 aliphatic rings. The minimum atomic E-state index is -1.70. The number of aromatic nitrogens is 2. The molecular weight excluding hydrogens is 649 g/mol. The first-order valence-corrected chi connectivity index (χ1v) is 17.0. The zero-order valence-corrected chi connectivity index (χ0v) is 27.8. The van der Waals surface area contributed by atoms with Crippen molar-refractivity contribution in [1.29, 1.82) is 0 Å². The van der Waals surface area contributed by atoms with E-state index in [1.165, 1.54) is 6.07 Å². The molecule has 5 atom stereocenters. The van der Waals surface area contributed by atoms with E-state index in [4.69, 9.17) is 26.2 Å². The monoisotopic (exact) mass is 695 g/mol. The normalized spacial score (nSPS) is 23.3. The fourth-order valence-corrected chi connectivity index (χ4v) is 6.91. The van der Waals surface area contributed by atoms with Crippen LogP contribution in [0.5, 0.6) is 5.75 Å². The first-order valence-electron chi connectivity index (χ1n) is 16.7. The van der Waals surface area contributed by atoms with Crippen LogP contribution in [0.15, 0.2) is 30.6 Å². The number of nitrogens with zero attached hydrogens (tertiary/aromatic N) is 5. The molecule has 266 valence electrons. The lowest BCUT2D eigenvalue weighted by molar-refractivity contribution is -0.149. The molecule has 2 aromatic rings. The van der Waals surface area contributed by atoms with Crippen molar-refractivity contribution in [2.75, 3.05) is 70.5 Å². The van der Waals surface area contributed by atoms with Crippen LogP contribution in [0.25, 0.3) is 0 Å². The Morgan fingerprint density at radius 3 is 2.50 bits per heavy atom. The number of carbonyl (C=O) groups excluding carboxylic acids is 1. The molecule has 3 aliphatic heterocycles. The van der Waals surface area contributed by atoms with Gasteiger partial charge in [0.25, 0.3) is 0 Å². The molecule has 5 N–H and O–H groups in total. The van der Waals surface area contributed by atoms with Gasteiger partial charge in [-0.2, -0.15) is 0 Å². The minimum absolute atomic E-state index is 0.00927. The van der Waals surface area contributed by atoms with Gasteiger partial charge in [-0.05, 0) is 49.7 Å². The van der Waals surface area contributed by atoms with E-state index in [1.807, 2.05) is 4.90 Å². The molecule has 1 unspecified atom stereocenters. The summed E-state index contributed by atoms with van der Waals surface area (Å²) >= 11 is 5.89. The second-order valence-corrected chi connectivity index (χ2v) is 13.6. The third-order valence-electron chi connectivity index (χ3n) is 9.66. The number of piperidine rings is 1. The number of halogens is 2. The maximum Gasteiger partial charge on any atom is 0.227 e. The number of ether oxygens (including phenoxy) is 2. The average Bonchev–Trinajstić information content (AvgIpc) is 3.47. The van der Waals surface area contributed by atoms with Gasteiger partial charge >= 0.3 is 0 Å². The average molecular weight is 696 g/mol. The van der Waals surface area contributed by atoms with E-state index in [-0.39, 0.29) is 24.4 Å². The molecule has 1 aromatic carbocycles. The van der Waals surface area contributed by atoms with Crippen molar-refractivity contribution in [3.63, 3.8) is 0 Å². The van der Waals surface area contributed by atoms with E-state index < -0.39 is 42.4 Å². The van der Waals surface area contributed by atoms with Crippen LogP contribution in [0.4, 0.5) is 10.3 Å². The van der Waals surface area contributed by atoms with Crippen molar-refractivity contribution in [2.45, 2.75) is 68.5 Å². The number of amides is 1. The molecule has 3 fully saturated rings. The molecule has 1 amide bonds. The zero-order valence-electron chi connectivity index (χ0n) is 27.0. The number of anilines is 1. The van der Waals surface area contributed by atoms with Crippen LogP contribution in [-0.2, 0) is 16.0 Å². The molecule has 48 heavy (non-hydrogen) atoms. The molecule has 1 aromatic heterocycles. The van der Waals surface area contributed by atoms with Gasteiger partial charge in [-0.15, -0.1) is 0 Å². The van der Waals surface area contributed by atoms with Gasteiger partial charge in [0, 0.05) is 45.3 Å². The molecular formula is C33H47ClFN5O8. The SMILES string of the molecule is O=C(Cc1ccc(OCCCC2CCN(c3ncc(Cl)cn3)CC2)cc1F)N1CCOC2(CCN(C[C@H](O)[C@@H](O)[C@H](O)[C@H](O)CO)C2)C1. The van der Waals surface area contributed by atoms with Crippen LogP contribution in [-0.4, -0.2) is 147 Å². The maximum atomic E-state index is 15.0. The summed E-state index contributed by atoms with van der Waals surface area (Å²) in [6.07, 6.45) is 1.39. The molecule has 13 nitrogen and oxygen atoms in total. The Morgan fingerprint density at radius 2 is 1.79 bits per heavy atom. The Bertz CT molecular complexity index is 1340. The zero-order chi connectivity index (χ0) is 34.3. The van der Waals surface area contributed by atoms with Crippen molar-refractivity contribution >= 4 is 23.5 Å². The Hall–Kier alpha value is -2.69. The number of morpholine rings is 1. The van der Waals surface area contributed by atoms with Crippen LogP contribution in [0, 0.1) is 11.7 Å². The molecule has 0 aliphatic carbocycles. The molecule has 0 radical (unpaired) electrons. The lowest BCUT2D eigenvalue weighted by Crippen LogP contribution is -2.56. The number of hydrogen-bond acceptors (Lipinski definition) is 12. The number of hydrogen-bond donors (Lipinski definition) is 5. The van der Waals surface area contributed by atoms with Crippen molar-refractivity contribution in [1.82, 2.24) is 19.8 Å². The highest BCUT2D eigenvalue weighted by atomic mass is 35.5. The van der Waals surface area contributed by atoms with E-state index >= 15 is 4.39 Å². The lowest BCUT2D eigenvalue weighted by atomic mass is 9.92. The second kappa shape index (κ2) is 16.8. The van der Waals surface area contributed by atoms with E-state index in [0.717, 1.165) is 38.8 Å². The Kier molecular flexibility index (Phi) is 12.8. The van der Waals surface area contributed by atoms with Crippen molar-refractivity contribution in [3.05, 3.63) is 47.0 Å². The van der Waals surface area contributed by atoms with Crippen molar-refractivity contribution in [2.24, 2.45) is 5.92 Å². The summed E-state index contributed by atoms with van der Waals surface area (Å²) in [5.41, 5.74) is -0.377. The highest BCUT2D eigenvalue weighted by Gasteiger charge is 2.45. The minimum Gasteiger partial charge on any atom is -0.493 e. The van der Waals surface area contributed by atoms with E-state index in [2.05, 4.69) is 14.9 Å². The number of benzene rings is 1. The topological polar surface area (TPSA) is 172 Å². The van der Waals surface area contributed by atoms with Gasteiger partial charge < -0.3 is 44.8 Å². The summed E-state index contributed by atoms with van der Waals surface area (Å²) in [5.74, 6) is 1.01. The van der Waals surface area contributed by atoms with Crippen molar-refractivity contribution < 1.29 is 44.2 Å². The number of rotatable bonds is 14. The number of carbonyl (C=O) groups is 1. The molecule has 1 spiro atoms. The summed E-state index contributed by atoms with van der Waals surface area (Å²) < 4.78 is 27.0. The van der Waals surface area contributed by atoms with Gasteiger partial charge in [-0.3, -0.25) is 9.69 Å².